The lowest BCUT2D eigenvalue weighted by Gasteiger charge is -2.08. The predicted octanol–water partition coefficient (Wildman–Crippen LogP) is 5.16. The first-order valence-electron chi connectivity index (χ1n) is 5.50. The van der Waals surface area contributed by atoms with E-state index in [0.717, 1.165) is 15.7 Å². The first kappa shape index (κ1) is 13.4. The van der Waals surface area contributed by atoms with E-state index >= 15 is 0 Å². The second kappa shape index (κ2) is 5.72. The number of hydrogen-bond donors (Lipinski definition) is 1. The highest BCUT2D eigenvalue weighted by molar-refractivity contribution is 9.10. The Morgan fingerprint density at radius 1 is 1.22 bits per heavy atom. The van der Waals surface area contributed by atoms with E-state index in [1.165, 1.54) is 11.6 Å². The SMILES string of the molecule is Cc1cc(CNc2ccc(Cl)c(F)c2)ccc1Br. The van der Waals surface area contributed by atoms with E-state index < -0.39 is 5.82 Å². The van der Waals surface area contributed by atoms with Gasteiger partial charge in [0.1, 0.15) is 5.82 Å². The van der Waals surface area contributed by atoms with Gasteiger partial charge in [0.05, 0.1) is 5.02 Å². The molecule has 0 fully saturated rings. The third-order valence-electron chi connectivity index (χ3n) is 2.64. The van der Waals surface area contributed by atoms with Gasteiger partial charge in [-0.25, -0.2) is 4.39 Å². The lowest BCUT2D eigenvalue weighted by atomic mass is 10.1. The Morgan fingerprint density at radius 2 is 2.00 bits per heavy atom. The van der Waals surface area contributed by atoms with Crippen molar-refractivity contribution in [3.05, 3.63) is 62.8 Å². The minimum atomic E-state index is -0.409. The fraction of sp³-hybridized carbons (Fsp3) is 0.143. The number of halogens is 3. The quantitative estimate of drug-likeness (QED) is 0.820. The van der Waals surface area contributed by atoms with E-state index in [0.29, 0.717) is 6.54 Å². The monoisotopic (exact) mass is 327 g/mol. The minimum absolute atomic E-state index is 0.139. The van der Waals surface area contributed by atoms with Crippen LogP contribution in [-0.2, 0) is 6.54 Å². The van der Waals surface area contributed by atoms with Crippen molar-refractivity contribution in [2.24, 2.45) is 0 Å². The van der Waals surface area contributed by atoms with Gasteiger partial charge in [0, 0.05) is 16.7 Å². The van der Waals surface area contributed by atoms with Crippen LogP contribution in [0.15, 0.2) is 40.9 Å². The maximum atomic E-state index is 13.2. The van der Waals surface area contributed by atoms with Gasteiger partial charge in [-0.15, -0.1) is 0 Å². The zero-order valence-electron chi connectivity index (χ0n) is 9.81. The summed E-state index contributed by atoms with van der Waals surface area (Å²) in [7, 11) is 0. The largest absolute Gasteiger partial charge is 0.381 e. The van der Waals surface area contributed by atoms with Gasteiger partial charge in [0.15, 0.2) is 0 Å². The molecule has 0 heterocycles. The molecule has 1 nitrogen and oxygen atoms in total. The molecule has 2 aromatic carbocycles. The second-order valence-electron chi connectivity index (χ2n) is 4.07. The summed E-state index contributed by atoms with van der Waals surface area (Å²) in [4.78, 5) is 0. The van der Waals surface area contributed by atoms with Crippen LogP contribution >= 0.6 is 27.5 Å². The molecule has 0 aliphatic heterocycles. The zero-order valence-corrected chi connectivity index (χ0v) is 12.1. The van der Waals surface area contributed by atoms with Gasteiger partial charge < -0.3 is 5.32 Å². The van der Waals surface area contributed by atoms with Gasteiger partial charge in [0.25, 0.3) is 0 Å². The topological polar surface area (TPSA) is 12.0 Å². The Bertz CT molecular complexity index is 520. The predicted molar refractivity (Wildman–Crippen MR) is 77.6 cm³/mol. The van der Waals surface area contributed by atoms with Crippen LogP contribution in [0.1, 0.15) is 11.1 Å². The molecule has 0 amide bonds. The van der Waals surface area contributed by atoms with Crippen LogP contribution in [0.5, 0.6) is 0 Å². The maximum Gasteiger partial charge on any atom is 0.143 e. The van der Waals surface area contributed by atoms with Crippen molar-refractivity contribution in [3.63, 3.8) is 0 Å². The summed E-state index contributed by atoms with van der Waals surface area (Å²) in [6.45, 7) is 2.69. The molecule has 0 bridgehead atoms. The molecule has 18 heavy (non-hydrogen) atoms. The van der Waals surface area contributed by atoms with Crippen molar-refractivity contribution in [1.82, 2.24) is 0 Å². The average Bonchev–Trinajstić information content (AvgIpc) is 2.35. The lowest BCUT2D eigenvalue weighted by molar-refractivity contribution is 0.628. The molecule has 0 aliphatic rings. The molecule has 0 aliphatic carbocycles. The summed E-state index contributed by atoms with van der Waals surface area (Å²) in [5, 5.41) is 3.30. The number of anilines is 1. The average molecular weight is 329 g/mol. The summed E-state index contributed by atoms with van der Waals surface area (Å²) in [6, 6.07) is 10.8. The van der Waals surface area contributed by atoms with Crippen molar-refractivity contribution in [3.8, 4) is 0 Å². The van der Waals surface area contributed by atoms with Crippen LogP contribution in [0.25, 0.3) is 0 Å². The lowest BCUT2D eigenvalue weighted by Crippen LogP contribution is -2.00. The van der Waals surface area contributed by atoms with Crippen LogP contribution in [0, 0.1) is 12.7 Å². The van der Waals surface area contributed by atoms with Crippen molar-refractivity contribution in [2.75, 3.05) is 5.32 Å². The van der Waals surface area contributed by atoms with E-state index in [1.807, 2.05) is 19.1 Å². The van der Waals surface area contributed by atoms with Gasteiger partial charge in [-0.05, 0) is 42.3 Å². The third-order valence-corrected chi connectivity index (χ3v) is 3.83. The smallest absolute Gasteiger partial charge is 0.143 e. The van der Waals surface area contributed by atoms with Gasteiger partial charge in [-0.1, -0.05) is 39.7 Å². The maximum absolute atomic E-state index is 13.2. The molecular formula is C14H12BrClFN. The van der Waals surface area contributed by atoms with Crippen molar-refractivity contribution in [2.45, 2.75) is 13.5 Å². The molecule has 1 N–H and O–H groups in total. The molecule has 0 radical (unpaired) electrons. The van der Waals surface area contributed by atoms with E-state index in [2.05, 4.69) is 27.3 Å². The molecule has 94 valence electrons. The minimum Gasteiger partial charge on any atom is -0.381 e. The number of hydrogen-bond acceptors (Lipinski definition) is 1. The van der Waals surface area contributed by atoms with Crippen molar-refractivity contribution >= 4 is 33.2 Å². The van der Waals surface area contributed by atoms with E-state index in [4.69, 9.17) is 11.6 Å². The zero-order chi connectivity index (χ0) is 13.1. The number of nitrogens with one attached hydrogen (secondary N) is 1. The molecular weight excluding hydrogens is 317 g/mol. The van der Waals surface area contributed by atoms with Gasteiger partial charge >= 0.3 is 0 Å². The summed E-state index contributed by atoms with van der Waals surface area (Å²) in [5.41, 5.74) is 3.04. The van der Waals surface area contributed by atoms with Gasteiger partial charge in [-0.3, -0.25) is 0 Å². The number of benzene rings is 2. The highest BCUT2D eigenvalue weighted by Gasteiger charge is 2.01. The normalized spacial score (nSPS) is 10.4. The molecule has 0 atom stereocenters. The summed E-state index contributed by atoms with van der Waals surface area (Å²) >= 11 is 9.09. The number of rotatable bonds is 3. The highest BCUT2D eigenvalue weighted by Crippen LogP contribution is 2.20. The van der Waals surface area contributed by atoms with Crippen molar-refractivity contribution < 1.29 is 4.39 Å². The van der Waals surface area contributed by atoms with Crippen LogP contribution in [0.3, 0.4) is 0 Å². The first-order chi connectivity index (χ1) is 8.56. The van der Waals surface area contributed by atoms with Gasteiger partial charge in [0.2, 0.25) is 0 Å². The Kier molecular flexibility index (Phi) is 4.25. The molecule has 0 saturated carbocycles. The van der Waals surface area contributed by atoms with Crippen LogP contribution in [-0.4, -0.2) is 0 Å². The van der Waals surface area contributed by atoms with Crippen LogP contribution < -0.4 is 5.32 Å². The number of aryl methyl sites for hydroxylation is 1. The molecule has 4 heteroatoms. The summed E-state index contributed by atoms with van der Waals surface area (Å²) in [6.07, 6.45) is 0. The standard InChI is InChI=1S/C14H12BrClFN/c1-9-6-10(2-4-12(9)15)8-18-11-3-5-13(16)14(17)7-11/h2-7,18H,8H2,1H3. The van der Waals surface area contributed by atoms with E-state index in [-0.39, 0.29) is 5.02 Å². The Morgan fingerprint density at radius 3 is 2.67 bits per heavy atom. The van der Waals surface area contributed by atoms with E-state index in [1.54, 1.807) is 12.1 Å². The molecule has 0 saturated heterocycles. The molecule has 2 aromatic rings. The molecule has 0 unspecified atom stereocenters. The van der Waals surface area contributed by atoms with Gasteiger partial charge in [-0.2, -0.15) is 0 Å². The summed E-state index contributed by atoms with van der Waals surface area (Å²) in [5.74, 6) is -0.409. The second-order valence-corrected chi connectivity index (χ2v) is 5.33. The summed E-state index contributed by atoms with van der Waals surface area (Å²) < 4.78 is 14.3. The fourth-order valence-corrected chi connectivity index (χ4v) is 1.99. The highest BCUT2D eigenvalue weighted by atomic mass is 79.9. The fourth-order valence-electron chi connectivity index (χ4n) is 1.63. The third kappa shape index (κ3) is 3.24. The molecule has 0 aromatic heterocycles. The Hall–Kier alpha value is -1.06. The van der Waals surface area contributed by atoms with Crippen LogP contribution in [0.4, 0.5) is 10.1 Å². The van der Waals surface area contributed by atoms with Crippen molar-refractivity contribution in [1.29, 1.82) is 0 Å². The first-order valence-corrected chi connectivity index (χ1v) is 6.67. The van der Waals surface area contributed by atoms with Crippen LogP contribution in [0.2, 0.25) is 5.02 Å². The molecule has 0 spiro atoms. The Labute approximate surface area is 119 Å². The molecule has 2 rings (SSSR count). The Balaban J connectivity index is 2.06. The van der Waals surface area contributed by atoms with E-state index in [9.17, 15) is 4.39 Å².